The van der Waals surface area contributed by atoms with E-state index in [9.17, 15) is 8.78 Å². The molecule has 2 fully saturated rings. The number of methoxy groups -OCH3 is 1. The Labute approximate surface area is 150 Å². The molecule has 0 bridgehead atoms. The van der Waals surface area contributed by atoms with Crippen LogP contribution in [-0.4, -0.2) is 7.11 Å². The van der Waals surface area contributed by atoms with Crippen LogP contribution in [0.2, 0.25) is 0 Å². The summed E-state index contributed by atoms with van der Waals surface area (Å²) in [6, 6.07) is 2.96. The van der Waals surface area contributed by atoms with Gasteiger partial charge < -0.3 is 4.74 Å². The zero-order chi connectivity index (χ0) is 17.8. The molecule has 2 saturated carbocycles. The highest BCUT2D eigenvalue weighted by molar-refractivity contribution is 5.33. The Bertz CT molecular complexity index is 587. The SMILES string of the molecule is CC=CCCC1CCC2CC(c3cc(F)c(OC)c(F)c3)CCC2C1. The lowest BCUT2D eigenvalue weighted by Gasteiger charge is -2.42. The van der Waals surface area contributed by atoms with E-state index in [1.807, 2.05) is 0 Å². The second kappa shape index (κ2) is 8.33. The Morgan fingerprint density at radius 3 is 2.40 bits per heavy atom. The second-order valence-corrected chi connectivity index (χ2v) is 7.87. The first-order valence-electron chi connectivity index (χ1n) is 9.76. The maximum absolute atomic E-state index is 14.0. The molecular weight excluding hydrogens is 318 g/mol. The summed E-state index contributed by atoms with van der Waals surface area (Å²) >= 11 is 0. The maximum Gasteiger partial charge on any atom is 0.190 e. The molecule has 4 atom stereocenters. The Morgan fingerprint density at radius 1 is 1.04 bits per heavy atom. The van der Waals surface area contributed by atoms with E-state index >= 15 is 0 Å². The molecule has 0 aromatic heterocycles. The van der Waals surface area contributed by atoms with Crippen molar-refractivity contribution in [2.24, 2.45) is 17.8 Å². The number of halogens is 2. The lowest BCUT2D eigenvalue weighted by molar-refractivity contribution is 0.114. The average molecular weight is 348 g/mol. The van der Waals surface area contributed by atoms with Gasteiger partial charge in [0.25, 0.3) is 0 Å². The van der Waals surface area contributed by atoms with E-state index in [2.05, 4.69) is 19.1 Å². The molecule has 2 aliphatic carbocycles. The topological polar surface area (TPSA) is 9.23 Å². The van der Waals surface area contributed by atoms with E-state index in [1.54, 1.807) is 0 Å². The molecule has 0 aliphatic heterocycles. The first-order valence-corrected chi connectivity index (χ1v) is 9.76. The Hall–Kier alpha value is -1.38. The second-order valence-electron chi connectivity index (χ2n) is 7.87. The van der Waals surface area contributed by atoms with Crippen LogP contribution in [0.5, 0.6) is 5.75 Å². The largest absolute Gasteiger partial charge is 0.491 e. The quantitative estimate of drug-likeness (QED) is 0.543. The summed E-state index contributed by atoms with van der Waals surface area (Å²) in [7, 11) is 1.31. The zero-order valence-electron chi connectivity index (χ0n) is 15.4. The van der Waals surface area contributed by atoms with E-state index in [1.165, 1.54) is 57.8 Å². The minimum atomic E-state index is -0.577. The van der Waals surface area contributed by atoms with Gasteiger partial charge >= 0.3 is 0 Å². The minimum absolute atomic E-state index is 0.265. The molecular formula is C22H30F2O. The lowest BCUT2D eigenvalue weighted by Crippen LogP contribution is -2.30. The lowest BCUT2D eigenvalue weighted by atomic mass is 9.63. The van der Waals surface area contributed by atoms with E-state index < -0.39 is 11.6 Å². The third kappa shape index (κ3) is 4.24. The normalized spacial score (nSPS) is 29.6. The number of benzene rings is 1. The Kier molecular flexibility index (Phi) is 6.14. The summed E-state index contributed by atoms with van der Waals surface area (Å²) in [6.07, 6.45) is 14.2. The monoisotopic (exact) mass is 348 g/mol. The summed E-state index contributed by atoms with van der Waals surface area (Å²) < 4.78 is 32.9. The molecule has 1 nitrogen and oxygen atoms in total. The summed E-state index contributed by atoms with van der Waals surface area (Å²) in [5.41, 5.74) is 0.810. The van der Waals surface area contributed by atoms with Crippen molar-refractivity contribution in [2.45, 2.75) is 64.2 Å². The van der Waals surface area contributed by atoms with Gasteiger partial charge in [-0.3, -0.25) is 0 Å². The molecule has 0 saturated heterocycles. The van der Waals surface area contributed by atoms with Gasteiger partial charge in [0.2, 0.25) is 0 Å². The molecule has 4 unspecified atom stereocenters. The van der Waals surface area contributed by atoms with Crippen molar-refractivity contribution in [3.05, 3.63) is 41.5 Å². The van der Waals surface area contributed by atoms with Gasteiger partial charge in [-0.1, -0.05) is 18.6 Å². The van der Waals surface area contributed by atoms with Crippen molar-refractivity contribution >= 4 is 0 Å². The van der Waals surface area contributed by atoms with Crippen LogP contribution in [-0.2, 0) is 0 Å². The number of ether oxygens (including phenoxy) is 1. The summed E-state index contributed by atoms with van der Waals surface area (Å²) in [4.78, 5) is 0. The van der Waals surface area contributed by atoms with E-state index in [4.69, 9.17) is 4.74 Å². The van der Waals surface area contributed by atoms with Crippen LogP contribution in [0.25, 0.3) is 0 Å². The number of fused-ring (bicyclic) bond motifs is 1. The number of hydrogen-bond acceptors (Lipinski definition) is 1. The van der Waals surface area contributed by atoms with Gasteiger partial charge in [0, 0.05) is 0 Å². The van der Waals surface area contributed by atoms with Crippen LogP contribution < -0.4 is 4.74 Å². The van der Waals surface area contributed by atoms with E-state index in [0.717, 1.165) is 36.2 Å². The van der Waals surface area contributed by atoms with Gasteiger partial charge in [0.1, 0.15) is 0 Å². The van der Waals surface area contributed by atoms with Crippen LogP contribution in [0.4, 0.5) is 8.78 Å². The van der Waals surface area contributed by atoms with Crippen molar-refractivity contribution in [2.75, 3.05) is 7.11 Å². The number of allylic oxidation sites excluding steroid dienone is 2. The summed E-state index contributed by atoms with van der Waals surface area (Å²) in [5, 5.41) is 0. The fourth-order valence-corrected chi connectivity index (χ4v) is 5.06. The molecule has 3 rings (SSSR count). The summed E-state index contributed by atoms with van der Waals surface area (Å²) in [6.45, 7) is 2.09. The van der Waals surface area contributed by atoms with E-state index in [-0.39, 0.29) is 11.7 Å². The van der Waals surface area contributed by atoms with Crippen LogP contribution in [0.3, 0.4) is 0 Å². The predicted octanol–water partition coefficient (Wildman–Crippen LogP) is 6.63. The van der Waals surface area contributed by atoms with Crippen molar-refractivity contribution in [1.82, 2.24) is 0 Å². The highest BCUT2D eigenvalue weighted by Gasteiger charge is 2.36. The molecule has 0 spiro atoms. The number of rotatable bonds is 5. The first-order chi connectivity index (χ1) is 12.1. The standard InChI is InChI=1S/C22H30F2O/c1-3-4-5-6-15-7-8-17-12-18(10-9-16(17)11-15)19-13-20(23)22(25-2)21(24)14-19/h3-4,13-18H,5-12H2,1-2H3. The van der Waals surface area contributed by atoms with Crippen molar-refractivity contribution in [3.63, 3.8) is 0 Å². The Morgan fingerprint density at radius 2 is 1.72 bits per heavy atom. The van der Waals surface area contributed by atoms with Gasteiger partial charge in [-0.15, -0.1) is 0 Å². The fourth-order valence-electron chi connectivity index (χ4n) is 5.06. The van der Waals surface area contributed by atoms with Gasteiger partial charge in [0.15, 0.2) is 17.4 Å². The van der Waals surface area contributed by atoms with Crippen molar-refractivity contribution in [3.8, 4) is 5.75 Å². The highest BCUT2D eigenvalue weighted by Crippen LogP contribution is 2.48. The van der Waals surface area contributed by atoms with Crippen LogP contribution in [0.15, 0.2) is 24.3 Å². The molecule has 1 aromatic rings. The predicted molar refractivity (Wildman–Crippen MR) is 97.9 cm³/mol. The van der Waals surface area contributed by atoms with Crippen molar-refractivity contribution < 1.29 is 13.5 Å². The van der Waals surface area contributed by atoms with Crippen LogP contribution >= 0.6 is 0 Å². The molecule has 138 valence electrons. The number of hydrogen-bond donors (Lipinski definition) is 0. The third-order valence-electron chi connectivity index (χ3n) is 6.40. The van der Waals surface area contributed by atoms with Gasteiger partial charge in [-0.05, 0) is 93.2 Å². The fraction of sp³-hybridized carbons (Fsp3) is 0.636. The highest BCUT2D eigenvalue weighted by atomic mass is 19.1. The maximum atomic E-state index is 14.0. The smallest absolute Gasteiger partial charge is 0.190 e. The van der Waals surface area contributed by atoms with Gasteiger partial charge in [-0.25, -0.2) is 8.78 Å². The average Bonchev–Trinajstić information content (AvgIpc) is 2.61. The zero-order valence-corrected chi connectivity index (χ0v) is 15.4. The van der Waals surface area contributed by atoms with Crippen LogP contribution in [0, 0.1) is 29.4 Å². The molecule has 0 radical (unpaired) electrons. The molecule has 0 heterocycles. The molecule has 0 amide bonds. The first kappa shape index (κ1) is 18.4. The molecule has 3 heteroatoms. The minimum Gasteiger partial charge on any atom is -0.491 e. The molecule has 2 aliphatic rings. The van der Waals surface area contributed by atoms with E-state index in [0.29, 0.717) is 0 Å². The van der Waals surface area contributed by atoms with Crippen LogP contribution in [0.1, 0.15) is 69.8 Å². The van der Waals surface area contributed by atoms with Gasteiger partial charge in [0.05, 0.1) is 7.11 Å². The van der Waals surface area contributed by atoms with Gasteiger partial charge in [-0.2, -0.15) is 0 Å². The molecule has 1 aromatic carbocycles. The summed E-state index contributed by atoms with van der Waals surface area (Å²) in [5.74, 6) is 1.28. The van der Waals surface area contributed by atoms with Crippen molar-refractivity contribution in [1.29, 1.82) is 0 Å². The molecule has 0 N–H and O–H groups in total. The Balaban J connectivity index is 1.61. The third-order valence-corrected chi connectivity index (χ3v) is 6.40. The molecule has 25 heavy (non-hydrogen) atoms.